The number of nitrogens with zero attached hydrogens (tertiary/aromatic N) is 3. The minimum absolute atomic E-state index is 0.136. The lowest BCUT2D eigenvalue weighted by Gasteiger charge is -2.24. The molecule has 1 N–H and O–H groups in total. The highest BCUT2D eigenvalue weighted by molar-refractivity contribution is 5.92. The number of nitrogens with one attached hydrogen (secondary N) is 1. The maximum atomic E-state index is 12.7. The van der Waals surface area contributed by atoms with Gasteiger partial charge in [-0.25, -0.2) is 0 Å². The standard InChI is InChI=1S/C14H22N4O/c1-3-18-13(8-10(2)16-18)14(19)17-7-6-11-4-5-12(9-17)15-11/h8,11-12,15H,3-7,9H2,1-2H3. The van der Waals surface area contributed by atoms with Crippen molar-refractivity contribution in [1.29, 1.82) is 0 Å². The molecular formula is C14H22N4O. The number of hydrogen-bond donors (Lipinski definition) is 1. The van der Waals surface area contributed by atoms with Gasteiger partial charge in [0.05, 0.1) is 5.69 Å². The Balaban J connectivity index is 1.79. The molecule has 2 saturated heterocycles. The molecule has 5 heteroatoms. The van der Waals surface area contributed by atoms with Crippen LogP contribution in [-0.2, 0) is 6.54 Å². The number of hydrogen-bond acceptors (Lipinski definition) is 3. The SMILES string of the molecule is CCn1nc(C)cc1C(=O)N1CCC2CCC(C1)N2. The summed E-state index contributed by atoms with van der Waals surface area (Å²) in [7, 11) is 0. The van der Waals surface area contributed by atoms with E-state index in [1.54, 1.807) is 0 Å². The van der Waals surface area contributed by atoms with Gasteiger partial charge in [-0.1, -0.05) is 0 Å². The molecule has 0 radical (unpaired) electrons. The van der Waals surface area contributed by atoms with Gasteiger partial charge in [-0.3, -0.25) is 9.48 Å². The van der Waals surface area contributed by atoms with E-state index in [1.807, 2.05) is 29.5 Å². The monoisotopic (exact) mass is 262 g/mol. The van der Waals surface area contributed by atoms with Crippen LogP contribution in [0.1, 0.15) is 42.4 Å². The molecule has 0 aromatic carbocycles. The zero-order valence-corrected chi connectivity index (χ0v) is 11.7. The molecule has 2 fully saturated rings. The van der Waals surface area contributed by atoms with E-state index >= 15 is 0 Å². The second kappa shape index (κ2) is 4.96. The van der Waals surface area contributed by atoms with Crippen LogP contribution in [0.4, 0.5) is 0 Å². The normalized spacial score (nSPS) is 26.5. The summed E-state index contributed by atoms with van der Waals surface area (Å²) in [5, 5.41) is 7.98. The number of rotatable bonds is 2. The Bertz CT molecular complexity index is 482. The third-order valence-corrected chi connectivity index (χ3v) is 4.23. The predicted molar refractivity (Wildman–Crippen MR) is 73.1 cm³/mol. The fraction of sp³-hybridized carbons (Fsp3) is 0.714. The van der Waals surface area contributed by atoms with Crippen LogP contribution >= 0.6 is 0 Å². The number of likely N-dealkylation sites (tertiary alicyclic amines) is 1. The van der Waals surface area contributed by atoms with Crippen LogP contribution in [0.3, 0.4) is 0 Å². The number of aryl methyl sites for hydroxylation is 2. The predicted octanol–water partition coefficient (Wildman–Crippen LogP) is 1.18. The van der Waals surface area contributed by atoms with Crippen LogP contribution in [-0.4, -0.2) is 45.8 Å². The molecule has 1 amide bonds. The van der Waals surface area contributed by atoms with Gasteiger partial charge in [-0.2, -0.15) is 5.10 Å². The Hall–Kier alpha value is -1.36. The van der Waals surface area contributed by atoms with E-state index < -0.39 is 0 Å². The molecule has 0 spiro atoms. The van der Waals surface area contributed by atoms with Gasteiger partial charge in [0.25, 0.3) is 5.91 Å². The van der Waals surface area contributed by atoms with Gasteiger partial charge in [0.15, 0.2) is 0 Å². The zero-order chi connectivity index (χ0) is 13.4. The highest BCUT2D eigenvalue weighted by atomic mass is 16.2. The minimum Gasteiger partial charge on any atom is -0.336 e. The molecule has 2 atom stereocenters. The Morgan fingerprint density at radius 1 is 1.42 bits per heavy atom. The lowest BCUT2D eigenvalue weighted by Crippen LogP contribution is -2.39. The topological polar surface area (TPSA) is 50.2 Å². The molecule has 1 aromatic heterocycles. The molecule has 2 aliphatic heterocycles. The Labute approximate surface area is 114 Å². The van der Waals surface area contributed by atoms with Crippen LogP contribution in [0, 0.1) is 6.92 Å². The van der Waals surface area contributed by atoms with E-state index in [0.29, 0.717) is 12.1 Å². The molecule has 2 unspecified atom stereocenters. The fourth-order valence-electron chi connectivity index (χ4n) is 3.25. The van der Waals surface area contributed by atoms with Crippen LogP contribution < -0.4 is 5.32 Å². The minimum atomic E-state index is 0.136. The van der Waals surface area contributed by atoms with Crippen molar-refractivity contribution in [3.05, 3.63) is 17.5 Å². The molecule has 1 aromatic rings. The van der Waals surface area contributed by atoms with Gasteiger partial charge in [0, 0.05) is 31.7 Å². The summed E-state index contributed by atoms with van der Waals surface area (Å²) >= 11 is 0. The Morgan fingerprint density at radius 2 is 2.21 bits per heavy atom. The molecule has 3 heterocycles. The lowest BCUT2D eigenvalue weighted by atomic mass is 10.1. The number of carbonyl (C=O) groups is 1. The van der Waals surface area contributed by atoms with Crippen LogP contribution in [0.25, 0.3) is 0 Å². The second-order valence-electron chi connectivity index (χ2n) is 5.66. The summed E-state index contributed by atoms with van der Waals surface area (Å²) in [6.45, 7) is 6.40. The van der Waals surface area contributed by atoms with Crippen molar-refractivity contribution < 1.29 is 4.79 Å². The zero-order valence-electron chi connectivity index (χ0n) is 11.7. The van der Waals surface area contributed by atoms with Crippen molar-refractivity contribution >= 4 is 5.91 Å². The Kier molecular flexibility index (Phi) is 3.31. The van der Waals surface area contributed by atoms with Crippen molar-refractivity contribution in [2.45, 2.75) is 51.7 Å². The second-order valence-corrected chi connectivity index (χ2v) is 5.66. The number of fused-ring (bicyclic) bond motifs is 2. The average Bonchev–Trinajstić information content (AvgIpc) is 2.91. The van der Waals surface area contributed by atoms with Gasteiger partial charge in [0.1, 0.15) is 5.69 Å². The largest absolute Gasteiger partial charge is 0.336 e. The van der Waals surface area contributed by atoms with Crippen molar-refractivity contribution in [3.63, 3.8) is 0 Å². The molecule has 2 bridgehead atoms. The number of carbonyl (C=O) groups excluding carboxylic acids is 1. The summed E-state index contributed by atoms with van der Waals surface area (Å²) in [6.07, 6.45) is 3.53. The van der Waals surface area contributed by atoms with Gasteiger partial charge in [-0.15, -0.1) is 0 Å². The highest BCUT2D eigenvalue weighted by Crippen LogP contribution is 2.21. The summed E-state index contributed by atoms with van der Waals surface area (Å²) in [5.74, 6) is 0.136. The first-order valence-electron chi connectivity index (χ1n) is 7.27. The van der Waals surface area contributed by atoms with Gasteiger partial charge in [-0.05, 0) is 39.2 Å². The third kappa shape index (κ3) is 2.39. The fourth-order valence-corrected chi connectivity index (χ4v) is 3.25. The first-order chi connectivity index (χ1) is 9.17. The first-order valence-corrected chi connectivity index (χ1v) is 7.27. The van der Waals surface area contributed by atoms with Gasteiger partial charge >= 0.3 is 0 Å². The number of amides is 1. The van der Waals surface area contributed by atoms with E-state index in [1.165, 1.54) is 12.8 Å². The molecule has 3 rings (SSSR count). The summed E-state index contributed by atoms with van der Waals surface area (Å²) in [6, 6.07) is 3.00. The Morgan fingerprint density at radius 3 is 3.00 bits per heavy atom. The maximum Gasteiger partial charge on any atom is 0.272 e. The van der Waals surface area contributed by atoms with Crippen molar-refractivity contribution in [2.24, 2.45) is 0 Å². The maximum absolute atomic E-state index is 12.7. The smallest absolute Gasteiger partial charge is 0.272 e. The molecule has 0 aliphatic carbocycles. The van der Waals surface area contributed by atoms with Crippen LogP contribution in [0.5, 0.6) is 0 Å². The van der Waals surface area contributed by atoms with E-state index in [2.05, 4.69) is 10.4 Å². The van der Waals surface area contributed by atoms with E-state index in [-0.39, 0.29) is 5.91 Å². The van der Waals surface area contributed by atoms with E-state index in [9.17, 15) is 4.79 Å². The lowest BCUT2D eigenvalue weighted by molar-refractivity contribution is 0.0735. The third-order valence-electron chi connectivity index (χ3n) is 4.23. The van der Waals surface area contributed by atoms with E-state index in [0.717, 1.165) is 37.4 Å². The molecule has 0 saturated carbocycles. The molecule has 2 aliphatic rings. The van der Waals surface area contributed by atoms with Crippen LogP contribution in [0.15, 0.2) is 6.07 Å². The highest BCUT2D eigenvalue weighted by Gasteiger charge is 2.32. The van der Waals surface area contributed by atoms with Crippen molar-refractivity contribution in [3.8, 4) is 0 Å². The first kappa shape index (κ1) is 12.7. The van der Waals surface area contributed by atoms with E-state index in [4.69, 9.17) is 0 Å². The molecule has 19 heavy (non-hydrogen) atoms. The average molecular weight is 262 g/mol. The van der Waals surface area contributed by atoms with Crippen molar-refractivity contribution in [1.82, 2.24) is 20.0 Å². The molecular weight excluding hydrogens is 240 g/mol. The quantitative estimate of drug-likeness (QED) is 0.870. The molecule has 104 valence electrons. The molecule has 5 nitrogen and oxygen atoms in total. The van der Waals surface area contributed by atoms with Gasteiger partial charge < -0.3 is 10.2 Å². The van der Waals surface area contributed by atoms with Crippen LogP contribution in [0.2, 0.25) is 0 Å². The summed E-state index contributed by atoms with van der Waals surface area (Å²) < 4.78 is 1.81. The summed E-state index contributed by atoms with van der Waals surface area (Å²) in [5.41, 5.74) is 1.65. The van der Waals surface area contributed by atoms with Crippen molar-refractivity contribution in [2.75, 3.05) is 13.1 Å². The summed E-state index contributed by atoms with van der Waals surface area (Å²) in [4.78, 5) is 14.7. The van der Waals surface area contributed by atoms with Gasteiger partial charge in [0.2, 0.25) is 0 Å². The number of aromatic nitrogens is 2.